The number of hydrogen-bond acceptors (Lipinski definition) is 4. The van der Waals surface area contributed by atoms with E-state index in [1.807, 2.05) is 0 Å². The Bertz CT molecular complexity index is 633. The van der Waals surface area contributed by atoms with Gasteiger partial charge in [-0.2, -0.15) is 0 Å². The molecule has 8 heteroatoms. The van der Waals surface area contributed by atoms with E-state index in [1.165, 1.54) is 62.4 Å². The van der Waals surface area contributed by atoms with E-state index in [-0.39, 0.29) is 30.4 Å². The molecule has 1 saturated carbocycles. The zero-order valence-electron chi connectivity index (χ0n) is 14.1. The van der Waals surface area contributed by atoms with Crippen molar-refractivity contribution in [2.75, 3.05) is 13.1 Å². The Morgan fingerprint density at radius 1 is 1.17 bits per heavy atom. The van der Waals surface area contributed by atoms with Crippen molar-refractivity contribution in [3.63, 3.8) is 0 Å². The van der Waals surface area contributed by atoms with E-state index in [0.29, 0.717) is 12.6 Å². The fourth-order valence-corrected chi connectivity index (χ4v) is 2.91. The van der Waals surface area contributed by atoms with Crippen LogP contribution in [0.3, 0.4) is 0 Å². The van der Waals surface area contributed by atoms with Crippen LogP contribution >= 0.6 is 12.4 Å². The first-order chi connectivity index (χ1) is 11.1. The van der Waals surface area contributed by atoms with Gasteiger partial charge in [-0.05, 0) is 12.8 Å². The monoisotopic (exact) mass is 358 g/mol. The third-order valence-electron chi connectivity index (χ3n) is 4.31. The van der Waals surface area contributed by atoms with Crippen molar-refractivity contribution in [3.8, 4) is 0 Å². The zero-order chi connectivity index (χ0) is 16.7. The normalized spacial score (nSPS) is 15.4. The molecule has 0 radical (unpaired) electrons. The molecule has 136 valence electrons. The molecule has 2 rings (SSSR count). The fourth-order valence-electron chi connectivity index (χ4n) is 2.91. The summed E-state index contributed by atoms with van der Waals surface area (Å²) < 4.78 is 2.22. The largest absolute Gasteiger partial charge is 0.353 e. The Morgan fingerprint density at radius 3 is 2.50 bits per heavy atom. The van der Waals surface area contributed by atoms with Crippen LogP contribution in [0, 0.1) is 0 Å². The van der Waals surface area contributed by atoms with Gasteiger partial charge in [0.1, 0.15) is 6.54 Å². The first-order valence-electron chi connectivity index (χ1n) is 8.34. The molecular formula is C16H27ClN4O3. The number of aromatic nitrogens is 2. The Balaban J connectivity index is 0.00000288. The van der Waals surface area contributed by atoms with E-state index in [9.17, 15) is 14.4 Å². The van der Waals surface area contributed by atoms with Gasteiger partial charge in [-0.15, -0.1) is 12.4 Å². The molecule has 1 aromatic heterocycles. The summed E-state index contributed by atoms with van der Waals surface area (Å²) in [7, 11) is 1.40. The van der Waals surface area contributed by atoms with Crippen molar-refractivity contribution in [2.45, 2.75) is 51.1 Å². The molecule has 1 aromatic rings. The van der Waals surface area contributed by atoms with Gasteiger partial charge in [0.25, 0.3) is 5.56 Å². The molecule has 1 aliphatic rings. The number of carbonyl (C=O) groups is 1. The van der Waals surface area contributed by atoms with Crippen molar-refractivity contribution in [3.05, 3.63) is 33.1 Å². The second kappa shape index (κ2) is 10.3. The molecule has 1 aliphatic carbocycles. The smallest absolute Gasteiger partial charge is 0.331 e. The topological polar surface area (TPSA) is 85.1 Å². The van der Waals surface area contributed by atoms with E-state index in [4.69, 9.17) is 0 Å². The number of carbonyl (C=O) groups excluding carboxylic acids is 1. The van der Waals surface area contributed by atoms with E-state index in [1.54, 1.807) is 0 Å². The average molecular weight is 359 g/mol. The van der Waals surface area contributed by atoms with Crippen molar-refractivity contribution < 1.29 is 4.79 Å². The third-order valence-corrected chi connectivity index (χ3v) is 4.31. The Labute approximate surface area is 147 Å². The zero-order valence-corrected chi connectivity index (χ0v) is 14.9. The highest BCUT2D eigenvalue weighted by Crippen LogP contribution is 2.16. The molecule has 1 fully saturated rings. The Kier molecular flexibility index (Phi) is 8.78. The molecule has 0 aromatic carbocycles. The summed E-state index contributed by atoms with van der Waals surface area (Å²) >= 11 is 0. The lowest BCUT2D eigenvalue weighted by atomic mass is 10.1. The summed E-state index contributed by atoms with van der Waals surface area (Å²) in [5, 5.41) is 6.28. The number of halogens is 1. The molecule has 0 atom stereocenters. The first-order valence-corrected chi connectivity index (χ1v) is 8.34. The van der Waals surface area contributed by atoms with Crippen LogP contribution in [0.4, 0.5) is 0 Å². The van der Waals surface area contributed by atoms with Crippen LogP contribution in [0.25, 0.3) is 0 Å². The maximum absolute atomic E-state index is 11.9. The van der Waals surface area contributed by atoms with Crippen LogP contribution in [-0.2, 0) is 18.4 Å². The Hall–Kier alpha value is -1.60. The highest BCUT2D eigenvalue weighted by atomic mass is 35.5. The molecule has 0 saturated heterocycles. The summed E-state index contributed by atoms with van der Waals surface area (Å²) in [6, 6.07) is 1.84. The minimum absolute atomic E-state index is 0. The highest BCUT2D eigenvalue weighted by Gasteiger charge is 2.11. The van der Waals surface area contributed by atoms with Crippen LogP contribution in [0.2, 0.25) is 0 Å². The molecule has 1 amide bonds. The SMILES string of the molecule is Cl.Cn1c(=O)ccn(CC(=O)NCCNC2CCCCCC2)c1=O. The number of nitrogens with zero attached hydrogens (tertiary/aromatic N) is 2. The lowest BCUT2D eigenvalue weighted by molar-refractivity contribution is -0.121. The van der Waals surface area contributed by atoms with Gasteiger partial charge in [0.15, 0.2) is 0 Å². The third kappa shape index (κ3) is 6.13. The maximum Gasteiger partial charge on any atom is 0.331 e. The van der Waals surface area contributed by atoms with Crippen molar-refractivity contribution in [1.82, 2.24) is 19.8 Å². The van der Waals surface area contributed by atoms with Crippen LogP contribution < -0.4 is 21.9 Å². The van der Waals surface area contributed by atoms with Crippen molar-refractivity contribution >= 4 is 18.3 Å². The molecule has 0 spiro atoms. The van der Waals surface area contributed by atoms with Gasteiger partial charge in [0.05, 0.1) is 0 Å². The molecular weight excluding hydrogens is 332 g/mol. The quantitative estimate of drug-likeness (QED) is 0.569. The summed E-state index contributed by atoms with van der Waals surface area (Å²) in [4.78, 5) is 35.0. The van der Waals surface area contributed by atoms with Crippen molar-refractivity contribution in [2.24, 2.45) is 7.05 Å². The molecule has 0 aliphatic heterocycles. The van der Waals surface area contributed by atoms with Gasteiger partial charge in [0, 0.05) is 38.4 Å². The van der Waals surface area contributed by atoms with E-state index in [2.05, 4.69) is 10.6 Å². The van der Waals surface area contributed by atoms with Gasteiger partial charge in [0.2, 0.25) is 5.91 Å². The van der Waals surface area contributed by atoms with Gasteiger partial charge in [-0.3, -0.25) is 18.7 Å². The van der Waals surface area contributed by atoms with Crippen molar-refractivity contribution in [1.29, 1.82) is 0 Å². The second-order valence-electron chi connectivity index (χ2n) is 6.12. The molecule has 24 heavy (non-hydrogen) atoms. The molecule has 0 bridgehead atoms. The number of hydrogen-bond donors (Lipinski definition) is 2. The standard InChI is InChI=1S/C16H26N4O3.ClH/c1-19-15(22)8-11-20(16(19)23)12-14(21)18-10-9-17-13-6-4-2-3-5-7-13;/h8,11,13,17H,2-7,9-10,12H2,1H3,(H,18,21);1H. The molecule has 7 nitrogen and oxygen atoms in total. The lowest BCUT2D eigenvalue weighted by Crippen LogP contribution is -2.42. The van der Waals surface area contributed by atoms with Gasteiger partial charge in [-0.1, -0.05) is 25.7 Å². The molecule has 0 unspecified atom stereocenters. The lowest BCUT2D eigenvalue weighted by Gasteiger charge is -2.16. The van der Waals surface area contributed by atoms with Crippen LogP contribution in [0.5, 0.6) is 0 Å². The predicted molar refractivity (Wildman–Crippen MR) is 95.7 cm³/mol. The number of rotatable bonds is 6. The predicted octanol–water partition coefficient (Wildman–Crippen LogP) is 0.397. The van der Waals surface area contributed by atoms with Crippen LogP contribution in [-0.4, -0.2) is 34.2 Å². The van der Waals surface area contributed by atoms with E-state index >= 15 is 0 Å². The second-order valence-corrected chi connectivity index (χ2v) is 6.12. The Morgan fingerprint density at radius 2 is 1.83 bits per heavy atom. The fraction of sp³-hybridized carbons (Fsp3) is 0.688. The van der Waals surface area contributed by atoms with Gasteiger partial charge < -0.3 is 10.6 Å². The maximum atomic E-state index is 11.9. The average Bonchev–Trinajstić information content (AvgIpc) is 2.81. The number of amides is 1. The first kappa shape index (κ1) is 20.4. The van der Waals surface area contributed by atoms with E-state index in [0.717, 1.165) is 11.1 Å². The summed E-state index contributed by atoms with van der Waals surface area (Å²) in [6.45, 7) is 1.20. The minimum atomic E-state index is -0.482. The van der Waals surface area contributed by atoms with Crippen LogP contribution in [0.1, 0.15) is 38.5 Å². The molecule has 2 N–H and O–H groups in total. The number of nitrogens with one attached hydrogen (secondary N) is 2. The highest BCUT2D eigenvalue weighted by molar-refractivity contribution is 5.85. The summed E-state index contributed by atoms with van der Waals surface area (Å²) in [5.74, 6) is -0.228. The minimum Gasteiger partial charge on any atom is -0.353 e. The summed E-state index contributed by atoms with van der Waals surface area (Å²) in [6.07, 6.45) is 8.97. The van der Waals surface area contributed by atoms with Gasteiger partial charge in [-0.25, -0.2) is 4.79 Å². The summed E-state index contributed by atoms with van der Waals surface area (Å²) in [5.41, 5.74) is -0.858. The van der Waals surface area contributed by atoms with Crippen LogP contribution in [0.15, 0.2) is 21.9 Å². The van der Waals surface area contributed by atoms with Gasteiger partial charge >= 0.3 is 5.69 Å². The van der Waals surface area contributed by atoms with E-state index < -0.39 is 5.69 Å². The molecule has 1 heterocycles.